The molecule has 1 aliphatic rings. The number of nitrogens with two attached hydrogens (primary N) is 1. The van der Waals surface area contributed by atoms with Crippen molar-refractivity contribution in [3.05, 3.63) is 28.3 Å². The van der Waals surface area contributed by atoms with E-state index in [4.69, 9.17) is 5.84 Å². The molecule has 1 atom stereocenters. The molecule has 1 aromatic rings. The van der Waals surface area contributed by atoms with E-state index in [0.29, 0.717) is 12.8 Å². The largest absolute Gasteiger partial charge is 0.392 e. The van der Waals surface area contributed by atoms with Gasteiger partial charge in [-0.25, -0.2) is 8.42 Å². The van der Waals surface area contributed by atoms with Gasteiger partial charge in [-0.05, 0) is 25.0 Å². The Morgan fingerprint density at radius 3 is 2.76 bits per heavy atom. The van der Waals surface area contributed by atoms with Crippen LogP contribution < -0.4 is 11.3 Å². The summed E-state index contributed by atoms with van der Waals surface area (Å²) in [6.45, 7) is 0.149. The van der Waals surface area contributed by atoms with Crippen LogP contribution in [0.25, 0.3) is 0 Å². The molecule has 1 aliphatic heterocycles. The monoisotopic (exact) mass is 316 g/mol. The number of nitrogen functional groups attached to an aromatic ring is 1. The van der Waals surface area contributed by atoms with Gasteiger partial charge in [-0.1, -0.05) is 6.07 Å². The summed E-state index contributed by atoms with van der Waals surface area (Å²) in [7, 11) is -4.07. The molecule has 1 fully saturated rings. The summed E-state index contributed by atoms with van der Waals surface area (Å²) in [6.07, 6.45) is 0.255. The van der Waals surface area contributed by atoms with Crippen molar-refractivity contribution in [2.75, 3.05) is 18.5 Å². The lowest BCUT2D eigenvalue weighted by Crippen LogP contribution is -2.42. The number of sulfonamides is 1. The molecule has 1 aromatic carbocycles. The molecule has 4 N–H and O–H groups in total. The molecule has 0 amide bonds. The molecule has 9 nitrogen and oxygen atoms in total. The summed E-state index contributed by atoms with van der Waals surface area (Å²) in [5, 5.41) is 20.8. The molecule has 0 spiro atoms. The summed E-state index contributed by atoms with van der Waals surface area (Å²) in [4.78, 5) is 9.95. The smallest absolute Gasteiger partial charge is 0.313 e. The third-order valence-electron chi connectivity index (χ3n) is 3.31. The molecule has 0 saturated carbocycles. The summed E-state index contributed by atoms with van der Waals surface area (Å²) >= 11 is 0. The van der Waals surface area contributed by atoms with Crippen molar-refractivity contribution >= 4 is 21.4 Å². The number of hydrogen-bond donors (Lipinski definition) is 3. The molecule has 21 heavy (non-hydrogen) atoms. The number of para-hydroxylation sites is 1. The van der Waals surface area contributed by atoms with E-state index >= 15 is 0 Å². The van der Waals surface area contributed by atoms with Crippen LogP contribution in [0.3, 0.4) is 0 Å². The van der Waals surface area contributed by atoms with Gasteiger partial charge >= 0.3 is 5.69 Å². The number of nitrogens with zero attached hydrogens (tertiary/aromatic N) is 2. The number of hydrazine groups is 1. The molecule has 0 aliphatic carbocycles. The van der Waals surface area contributed by atoms with Crippen molar-refractivity contribution < 1.29 is 18.4 Å². The van der Waals surface area contributed by atoms with Crippen LogP contribution in [-0.2, 0) is 10.0 Å². The van der Waals surface area contributed by atoms with Crippen LogP contribution in [-0.4, -0.2) is 41.9 Å². The number of nitro benzene ring substituents is 1. The number of aliphatic hydroxyl groups is 1. The number of piperidine rings is 1. The van der Waals surface area contributed by atoms with Crippen LogP contribution in [0, 0.1) is 10.1 Å². The highest BCUT2D eigenvalue weighted by molar-refractivity contribution is 7.89. The molecular weight excluding hydrogens is 300 g/mol. The predicted molar refractivity (Wildman–Crippen MR) is 74.9 cm³/mol. The minimum atomic E-state index is -4.07. The zero-order valence-electron chi connectivity index (χ0n) is 11.1. The maximum atomic E-state index is 12.6. The number of anilines is 1. The first-order valence-corrected chi connectivity index (χ1v) is 7.74. The lowest BCUT2D eigenvalue weighted by atomic mass is 10.1. The normalized spacial score (nSPS) is 20.2. The van der Waals surface area contributed by atoms with Gasteiger partial charge in [-0.2, -0.15) is 4.31 Å². The molecule has 0 aromatic heterocycles. The molecule has 0 radical (unpaired) electrons. The van der Waals surface area contributed by atoms with Crippen LogP contribution in [0.15, 0.2) is 23.1 Å². The Hall–Kier alpha value is -1.75. The zero-order chi connectivity index (χ0) is 15.6. The predicted octanol–water partition coefficient (Wildman–Crippen LogP) is 0.0258. The van der Waals surface area contributed by atoms with E-state index in [9.17, 15) is 23.6 Å². The maximum absolute atomic E-state index is 12.6. The van der Waals surface area contributed by atoms with Crippen LogP contribution in [0.2, 0.25) is 0 Å². The Balaban J connectivity index is 2.52. The molecule has 1 unspecified atom stereocenters. The van der Waals surface area contributed by atoms with Crippen LogP contribution in [0.5, 0.6) is 0 Å². The quantitative estimate of drug-likeness (QED) is 0.404. The molecule has 1 heterocycles. The van der Waals surface area contributed by atoms with Crippen molar-refractivity contribution in [1.29, 1.82) is 0 Å². The highest BCUT2D eigenvalue weighted by Gasteiger charge is 2.35. The Kier molecular flexibility index (Phi) is 4.42. The topological polar surface area (TPSA) is 139 Å². The van der Waals surface area contributed by atoms with Gasteiger partial charge < -0.3 is 10.5 Å². The Morgan fingerprint density at radius 1 is 1.48 bits per heavy atom. The minimum Gasteiger partial charge on any atom is -0.392 e. The fourth-order valence-corrected chi connectivity index (χ4v) is 4.01. The lowest BCUT2D eigenvalue weighted by Gasteiger charge is -2.29. The van der Waals surface area contributed by atoms with Gasteiger partial charge in [0.2, 0.25) is 10.0 Å². The van der Waals surface area contributed by atoms with Gasteiger partial charge in [0, 0.05) is 13.1 Å². The first kappa shape index (κ1) is 15.6. The SMILES string of the molecule is NNc1cccc(S(=O)(=O)N2CCCC(O)C2)c1[N+](=O)[O-]. The standard InChI is InChI=1S/C11H16N4O5S/c12-13-9-4-1-5-10(11(9)15(17)18)21(19,20)14-6-2-3-8(16)7-14/h1,4-5,8,13,16H,2-3,6-7,12H2. The number of benzene rings is 1. The first-order chi connectivity index (χ1) is 9.87. The summed E-state index contributed by atoms with van der Waals surface area (Å²) in [6, 6.07) is 3.85. The fourth-order valence-electron chi connectivity index (χ4n) is 2.31. The van der Waals surface area contributed by atoms with E-state index in [1.165, 1.54) is 12.1 Å². The van der Waals surface area contributed by atoms with E-state index in [1.54, 1.807) is 0 Å². The number of rotatable bonds is 4. The van der Waals surface area contributed by atoms with Crippen molar-refractivity contribution in [1.82, 2.24) is 4.31 Å². The van der Waals surface area contributed by atoms with Gasteiger partial charge in [-0.3, -0.25) is 16.0 Å². The van der Waals surface area contributed by atoms with Gasteiger partial charge in [0.05, 0.1) is 11.0 Å². The van der Waals surface area contributed by atoms with Crippen LogP contribution >= 0.6 is 0 Å². The van der Waals surface area contributed by atoms with Gasteiger partial charge in [-0.15, -0.1) is 0 Å². The number of aliphatic hydroxyl groups excluding tert-OH is 1. The lowest BCUT2D eigenvalue weighted by molar-refractivity contribution is -0.386. The minimum absolute atomic E-state index is 0.0697. The Bertz CT molecular complexity index is 648. The number of β-amino-alcohol motifs (C(OH)–C–C–N with tert-alkyl or cyclic N) is 1. The second kappa shape index (κ2) is 5.93. The van der Waals surface area contributed by atoms with Crippen LogP contribution in [0.4, 0.5) is 11.4 Å². The van der Waals surface area contributed by atoms with Crippen LogP contribution in [0.1, 0.15) is 12.8 Å². The highest BCUT2D eigenvalue weighted by Crippen LogP contribution is 2.34. The van der Waals surface area contributed by atoms with E-state index in [0.717, 1.165) is 10.4 Å². The average molecular weight is 316 g/mol. The maximum Gasteiger partial charge on any atom is 0.313 e. The molecule has 2 rings (SSSR count). The third-order valence-corrected chi connectivity index (χ3v) is 5.21. The molecule has 116 valence electrons. The molecule has 1 saturated heterocycles. The Morgan fingerprint density at radius 2 is 2.19 bits per heavy atom. The van der Waals surface area contributed by atoms with E-state index in [1.807, 2.05) is 0 Å². The summed E-state index contributed by atoms with van der Waals surface area (Å²) in [5.74, 6) is 5.20. The first-order valence-electron chi connectivity index (χ1n) is 6.30. The van der Waals surface area contributed by atoms with E-state index in [2.05, 4.69) is 5.43 Å². The molecule has 10 heteroatoms. The van der Waals surface area contributed by atoms with E-state index < -0.39 is 31.6 Å². The number of nitrogens with one attached hydrogen (secondary N) is 1. The molecular formula is C11H16N4O5S. The second-order valence-corrected chi connectivity index (χ2v) is 6.62. The zero-order valence-corrected chi connectivity index (χ0v) is 11.9. The third kappa shape index (κ3) is 2.97. The average Bonchev–Trinajstić information content (AvgIpc) is 2.46. The fraction of sp³-hybridized carbons (Fsp3) is 0.455. The number of nitro groups is 1. The second-order valence-electron chi connectivity index (χ2n) is 4.71. The summed E-state index contributed by atoms with van der Waals surface area (Å²) < 4.78 is 26.2. The number of hydrogen-bond acceptors (Lipinski definition) is 7. The van der Waals surface area contributed by atoms with Gasteiger partial charge in [0.25, 0.3) is 0 Å². The summed E-state index contributed by atoms with van der Waals surface area (Å²) in [5.41, 5.74) is 1.45. The van der Waals surface area contributed by atoms with Crippen molar-refractivity contribution in [2.45, 2.75) is 23.8 Å². The van der Waals surface area contributed by atoms with Crippen molar-refractivity contribution in [2.24, 2.45) is 5.84 Å². The van der Waals surface area contributed by atoms with Crippen molar-refractivity contribution in [3.8, 4) is 0 Å². The highest BCUT2D eigenvalue weighted by atomic mass is 32.2. The van der Waals surface area contributed by atoms with Gasteiger partial charge in [0.15, 0.2) is 4.90 Å². The van der Waals surface area contributed by atoms with E-state index in [-0.39, 0.29) is 18.8 Å². The van der Waals surface area contributed by atoms with Gasteiger partial charge in [0.1, 0.15) is 5.69 Å². The Labute approximate surface area is 121 Å². The molecule has 0 bridgehead atoms. The van der Waals surface area contributed by atoms with Crippen molar-refractivity contribution in [3.63, 3.8) is 0 Å².